The lowest BCUT2D eigenvalue weighted by Crippen LogP contribution is -2.15. The summed E-state index contributed by atoms with van der Waals surface area (Å²) in [4.78, 5) is 21.6. The van der Waals surface area contributed by atoms with Crippen molar-refractivity contribution in [2.45, 2.75) is 6.92 Å². The Balaban J connectivity index is 1.68. The Morgan fingerprint density at radius 2 is 1.72 bits per heavy atom. The molecule has 0 unspecified atom stereocenters. The van der Waals surface area contributed by atoms with Gasteiger partial charge in [0.2, 0.25) is 0 Å². The number of anilines is 3. The van der Waals surface area contributed by atoms with E-state index in [-0.39, 0.29) is 11.5 Å². The molecule has 29 heavy (non-hydrogen) atoms. The standard InChI is InChI=1S/C21H16FN5O2/c1-13-11-19(27-29-13)25-18-12-17(21(28)23-16-9-7-15(22)8-10-16)24-20(26-18)14-5-3-2-4-6-14/h2-12H,1H3,(H,23,28)(H,24,25,26,27). The maximum absolute atomic E-state index is 13.1. The molecule has 0 radical (unpaired) electrons. The number of halogens is 1. The third kappa shape index (κ3) is 4.44. The second-order valence-corrected chi connectivity index (χ2v) is 6.24. The Morgan fingerprint density at radius 1 is 0.966 bits per heavy atom. The van der Waals surface area contributed by atoms with Gasteiger partial charge in [-0.1, -0.05) is 35.5 Å². The predicted octanol–water partition coefficient (Wildman–Crippen LogP) is 4.58. The minimum absolute atomic E-state index is 0.144. The minimum atomic E-state index is -0.449. The van der Waals surface area contributed by atoms with Crippen molar-refractivity contribution in [2.24, 2.45) is 0 Å². The van der Waals surface area contributed by atoms with Crippen LogP contribution in [0.25, 0.3) is 11.4 Å². The largest absolute Gasteiger partial charge is 0.360 e. The average Bonchev–Trinajstić information content (AvgIpc) is 3.14. The molecule has 2 N–H and O–H groups in total. The van der Waals surface area contributed by atoms with Crippen LogP contribution in [0.2, 0.25) is 0 Å². The molecular weight excluding hydrogens is 373 g/mol. The smallest absolute Gasteiger partial charge is 0.274 e. The van der Waals surface area contributed by atoms with Crippen LogP contribution in [0.3, 0.4) is 0 Å². The van der Waals surface area contributed by atoms with Crippen molar-refractivity contribution >= 4 is 23.2 Å². The molecule has 0 saturated heterocycles. The quantitative estimate of drug-likeness (QED) is 0.519. The lowest BCUT2D eigenvalue weighted by Gasteiger charge is -2.09. The summed E-state index contributed by atoms with van der Waals surface area (Å²) in [6.07, 6.45) is 0. The number of nitrogens with zero attached hydrogens (tertiary/aromatic N) is 3. The van der Waals surface area contributed by atoms with Gasteiger partial charge in [-0.25, -0.2) is 14.4 Å². The average molecular weight is 389 g/mol. The van der Waals surface area contributed by atoms with Crippen LogP contribution in [0.4, 0.5) is 21.7 Å². The highest BCUT2D eigenvalue weighted by molar-refractivity contribution is 6.03. The van der Waals surface area contributed by atoms with Crippen LogP contribution < -0.4 is 10.6 Å². The van der Waals surface area contributed by atoms with E-state index in [1.807, 2.05) is 30.3 Å². The van der Waals surface area contributed by atoms with Gasteiger partial charge in [-0.3, -0.25) is 4.79 Å². The predicted molar refractivity (Wildman–Crippen MR) is 106 cm³/mol. The number of aryl methyl sites for hydroxylation is 1. The van der Waals surface area contributed by atoms with Gasteiger partial charge in [0.25, 0.3) is 5.91 Å². The number of hydrogen-bond donors (Lipinski definition) is 2. The number of rotatable bonds is 5. The summed E-state index contributed by atoms with van der Waals surface area (Å²) in [6, 6.07) is 18.0. The third-order valence-electron chi connectivity index (χ3n) is 3.98. The zero-order valence-corrected chi connectivity index (χ0v) is 15.4. The van der Waals surface area contributed by atoms with Gasteiger partial charge in [-0.15, -0.1) is 0 Å². The van der Waals surface area contributed by atoms with E-state index in [1.54, 1.807) is 13.0 Å². The zero-order chi connectivity index (χ0) is 20.2. The summed E-state index contributed by atoms with van der Waals surface area (Å²) in [5, 5.41) is 9.60. The second kappa shape index (κ2) is 7.89. The first kappa shape index (κ1) is 18.3. The van der Waals surface area contributed by atoms with Gasteiger partial charge in [-0.05, 0) is 31.2 Å². The van der Waals surface area contributed by atoms with Crippen LogP contribution in [-0.2, 0) is 0 Å². The fourth-order valence-corrected chi connectivity index (χ4v) is 2.63. The molecule has 0 spiro atoms. The molecule has 8 heteroatoms. The summed E-state index contributed by atoms with van der Waals surface area (Å²) in [6.45, 7) is 1.77. The summed E-state index contributed by atoms with van der Waals surface area (Å²) < 4.78 is 18.1. The summed E-state index contributed by atoms with van der Waals surface area (Å²) in [5.74, 6) is 1.03. The first-order chi connectivity index (χ1) is 14.1. The van der Waals surface area contributed by atoms with Crippen molar-refractivity contribution in [1.82, 2.24) is 15.1 Å². The molecule has 7 nitrogen and oxygen atoms in total. The molecule has 0 atom stereocenters. The number of carbonyl (C=O) groups excluding carboxylic acids is 1. The highest BCUT2D eigenvalue weighted by Crippen LogP contribution is 2.21. The van der Waals surface area contributed by atoms with Crippen LogP contribution in [0.1, 0.15) is 16.2 Å². The van der Waals surface area contributed by atoms with E-state index in [9.17, 15) is 9.18 Å². The Labute approximate surface area is 165 Å². The fourth-order valence-electron chi connectivity index (χ4n) is 2.63. The number of nitrogens with one attached hydrogen (secondary N) is 2. The van der Waals surface area contributed by atoms with Crippen LogP contribution in [0, 0.1) is 12.7 Å². The van der Waals surface area contributed by atoms with Crippen molar-refractivity contribution in [3.8, 4) is 11.4 Å². The maximum Gasteiger partial charge on any atom is 0.274 e. The lowest BCUT2D eigenvalue weighted by molar-refractivity contribution is 0.102. The molecule has 2 aromatic heterocycles. The lowest BCUT2D eigenvalue weighted by atomic mass is 10.2. The van der Waals surface area contributed by atoms with E-state index in [1.165, 1.54) is 30.3 Å². The molecular formula is C21H16FN5O2. The van der Waals surface area contributed by atoms with Crippen LogP contribution in [0.5, 0.6) is 0 Å². The van der Waals surface area contributed by atoms with Gasteiger partial charge in [-0.2, -0.15) is 0 Å². The number of aromatic nitrogens is 3. The molecule has 0 aliphatic rings. The Morgan fingerprint density at radius 3 is 2.41 bits per heavy atom. The van der Waals surface area contributed by atoms with Crippen molar-refractivity contribution in [3.63, 3.8) is 0 Å². The second-order valence-electron chi connectivity index (χ2n) is 6.24. The van der Waals surface area contributed by atoms with E-state index in [4.69, 9.17) is 4.52 Å². The molecule has 4 rings (SSSR count). The number of carbonyl (C=O) groups is 1. The number of amides is 1. The van der Waals surface area contributed by atoms with E-state index in [0.717, 1.165) is 5.56 Å². The van der Waals surface area contributed by atoms with Crippen LogP contribution in [-0.4, -0.2) is 21.0 Å². The van der Waals surface area contributed by atoms with Crippen LogP contribution in [0.15, 0.2) is 71.3 Å². The molecule has 0 aliphatic carbocycles. The van der Waals surface area contributed by atoms with Crippen molar-refractivity contribution < 1.29 is 13.7 Å². The summed E-state index contributed by atoms with van der Waals surface area (Å²) >= 11 is 0. The molecule has 2 heterocycles. The fraction of sp³-hybridized carbons (Fsp3) is 0.0476. The topological polar surface area (TPSA) is 92.9 Å². The third-order valence-corrected chi connectivity index (χ3v) is 3.98. The molecule has 0 bridgehead atoms. The maximum atomic E-state index is 13.1. The van der Waals surface area contributed by atoms with Gasteiger partial charge >= 0.3 is 0 Å². The van der Waals surface area contributed by atoms with Crippen molar-refractivity contribution in [1.29, 1.82) is 0 Å². The highest BCUT2D eigenvalue weighted by atomic mass is 19.1. The molecule has 144 valence electrons. The molecule has 0 aliphatic heterocycles. The molecule has 2 aromatic carbocycles. The highest BCUT2D eigenvalue weighted by Gasteiger charge is 2.14. The molecule has 4 aromatic rings. The van der Waals surface area contributed by atoms with Gasteiger partial charge in [0.15, 0.2) is 11.6 Å². The van der Waals surface area contributed by atoms with Gasteiger partial charge in [0, 0.05) is 23.4 Å². The van der Waals surface area contributed by atoms with Crippen LogP contribution >= 0.6 is 0 Å². The van der Waals surface area contributed by atoms with E-state index in [2.05, 4.69) is 25.8 Å². The molecule has 0 fully saturated rings. The van der Waals surface area contributed by atoms with E-state index >= 15 is 0 Å². The van der Waals surface area contributed by atoms with Crippen molar-refractivity contribution in [3.05, 3.63) is 84.0 Å². The van der Waals surface area contributed by atoms with Gasteiger partial charge < -0.3 is 15.2 Å². The minimum Gasteiger partial charge on any atom is -0.360 e. The van der Waals surface area contributed by atoms with E-state index < -0.39 is 5.91 Å². The van der Waals surface area contributed by atoms with Crippen molar-refractivity contribution in [2.75, 3.05) is 10.6 Å². The zero-order valence-electron chi connectivity index (χ0n) is 15.4. The SMILES string of the molecule is Cc1cc(Nc2cc(C(=O)Nc3ccc(F)cc3)nc(-c3ccccc3)n2)no1. The summed E-state index contributed by atoms with van der Waals surface area (Å²) in [5.41, 5.74) is 1.35. The number of benzene rings is 2. The molecule has 0 saturated carbocycles. The van der Waals surface area contributed by atoms with Gasteiger partial charge in [0.1, 0.15) is 23.1 Å². The Kier molecular flexibility index (Phi) is 4.98. The first-order valence-corrected chi connectivity index (χ1v) is 8.78. The van der Waals surface area contributed by atoms with Gasteiger partial charge in [0.05, 0.1) is 0 Å². The summed E-state index contributed by atoms with van der Waals surface area (Å²) in [7, 11) is 0. The normalized spacial score (nSPS) is 10.6. The first-order valence-electron chi connectivity index (χ1n) is 8.78. The van der Waals surface area contributed by atoms with E-state index in [0.29, 0.717) is 28.9 Å². The number of hydrogen-bond acceptors (Lipinski definition) is 6. The Bertz CT molecular complexity index is 1140. The molecule has 1 amide bonds. The monoisotopic (exact) mass is 389 g/mol. The Hall–Kier alpha value is -4.07.